The molecule has 0 heterocycles. The summed E-state index contributed by atoms with van der Waals surface area (Å²) in [5, 5.41) is 0. The second-order valence-corrected chi connectivity index (χ2v) is 6.04. The summed E-state index contributed by atoms with van der Waals surface area (Å²) >= 11 is 3.30. The van der Waals surface area contributed by atoms with Crippen molar-refractivity contribution in [2.24, 2.45) is 5.92 Å². The van der Waals surface area contributed by atoms with Crippen LogP contribution in [0.15, 0.2) is 0 Å². The number of hydrogen-bond donors (Lipinski definition) is 0. The summed E-state index contributed by atoms with van der Waals surface area (Å²) in [4.78, 5) is 10.7. The van der Waals surface area contributed by atoms with E-state index in [1.165, 1.54) is 0 Å². The van der Waals surface area contributed by atoms with Gasteiger partial charge in [0.05, 0.1) is 0 Å². The van der Waals surface area contributed by atoms with Crippen LogP contribution in [0.5, 0.6) is 0 Å². The molecule has 0 rings (SSSR count). The van der Waals surface area contributed by atoms with Crippen LogP contribution < -0.4 is 19.0 Å². The fraction of sp³-hybridized carbons (Fsp3) is 0.800. The predicted octanol–water partition coefficient (Wildman–Crippen LogP) is -1.39. The molecule has 0 aliphatic rings. The summed E-state index contributed by atoms with van der Waals surface area (Å²) in [7, 11) is 0. The molecule has 0 amide bonds. The van der Waals surface area contributed by atoms with Gasteiger partial charge in [-0.2, -0.15) is 0 Å². The third kappa shape index (κ3) is 3.83. The molecule has 0 saturated carbocycles. The maximum absolute atomic E-state index is 10.7. The van der Waals surface area contributed by atoms with E-state index in [1.54, 1.807) is 0 Å². The summed E-state index contributed by atoms with van der Waals surface area (Å²) in [6, 6.07) is 0. The Hall–Kier alpha value is 0.880. The van der Waals surface area contributed by atoms with Crippen LogP contribution in [0.2, 0.25) is 0 Å². The van der Waals surface area contributed by atoms with Crippen molar-refractivity contribution in [3.63, 3.8) is 0 Å². The van der Waals surface area contributed by atoms with Crippen molar-refractivity contribution < 1.29 is 23.8 Å². The number of carbonyl (C=O) groups is 1. The Labute approximate surface area is 66.2 Å². The first-order valence-electron chi connectivity index (χ1n) is 2.41. The van der Waals surface area contributed by atoms with Gasteiger partial charge in [0.25, 0.3) is 0 Å². The molecule has 0 N–H and O–H groups in total. The van der Waals surface area contributed by atoms with Gasteiger partial charge in [-0.05, 0) is 0 Å². The Bertz CT molecular complexity index is 82.5. The molecule has 0 radical (unpaired) electrons. The quantitative estimate of drug-likeness (QED) is 0.462. The molecular formula is C5H9BrIO-. The van der Waals surface area contributed by atoms with Crippen molar-refractivity contribution in [3.05, 3.63) is 0 Å². The monoisotopic (exact) mass is 291 g/mol. The van der Waals surface area contributed by atoms with Crippen LogP contribution in [0, 0.1) is 5.92 Å². The zero-order valence-corrected chi connectivity index (χ0v) is 8.69. The van der Waals surface area contributed by atoms with Gasteiger partial charge in [0.15, 0.2) is 0 Å². The number of carbonyl (C=O) groups excluding carboxylic acids is 1. The summed E-state index contributed by atoms with van der Waals surface area (Å²) in [6.07, 6.45) is 0. The number of hydrogen-bond acceptors (Lipinski definition) is 1. The molecule has 0 bridgehead atoms. The van der Waals surface area contributed by atoms with Crippen LogP contribution in [0.4, 0.5) is 0 Å². The zero-order valence-electron chi connectivity index (χ0n) is 4.95. The molecule has 0 aromatic heterocycles. The van der Waals surface area contributed by atoms with Gasteiger partial charge in [-0.3, -0.25) is 0 Å². The number of rotatable bonds is 3. The molecule has 0 unspecified atom stereocenters. The molecule has 0 aliphatic carbocycles. The van der Waals surface area contributed by atoms with Crippen LogP contribution in [-0.2, 0) is 4.79 Å². The van der Waals surface area contributed by atoms with E-state index in [9.17, 15) is 4.79 Å². The van der Waals surface area contributed by atoms with Crippen LogP contribution in [-0.4, -0.2) is 10.2 Å². The topological polar surface area (TPSA) is 17.1 Å². The Morgan fingerprint density at radius 3 is 2.38 bits per heavy atom. The molecule has 0 atom stereocenters. The Balaban J connectivity index is 3.33. The average molecular weight is 292 g/mol. The molecule has 3 heteroatoms. The number of ketones is 1. The van der Waals surface area contributed by atoms with E-state index >= 15 is 0 Å². The third-order valence-electron chi connectivity index (χ3n) is 0.826. The molecule has 8 heavy (non-hydrogen) atoms. The summed E-state index contributed by atoms with van der Waals surface area (Å²) < 4.78 is 0.774. The Morgan fingerprint density at radius 1 is 1.75 bits per heavy atom. The Kier molecular flexibility index (Phi) is 5.25. The van der Waals surface area contributed by atoms with Crippen LogP contribution in [0.1, 0.15) is 13.8 Å². The normalized spacial score (nSPS) is 10.5. The van der Waals surface area contributed by atoms with E-state index in [0.29, 0.717) is 5.78 Å². The molecule has 0 saturated heterocycles. The van der Waals surface area contributed by atoms with E-state index in [0.717, 1.165) is 4.43 Å². The summed E-state index contributed by atoms with van der Waals surface area (Å²) in [5.41, 5.74) is 0. The van der Waals surface area contributed by atoms with E-state index in [-0.39, 0.29) is 24.9 Å². The van der Waals surface area contributed by atoms with Crippen molar-refractivity contribution in [2.75, 3.05) is 4.43 Å². The third-order valence-corrected chi connectivity index (χ3v) is 3.29. The minimum atomic E-state index is -0.00344. The second kappa shape index (κ2) is 4.73. The first-order chi connectivity index (χ1) is 3.68. The number of halogens is 2. The van der Waals surface area contributed by atoms with Crippen molar-refractivity contribution >= 4 is 18.5 Å². The van der Waals surface area contributed by atoms with Crippen molar-refractivity contribution in [2.45, 2.75) is 13.8 Å². The number of alkyl halides is 1. The van der Waals surface area contributed by atoms with Crippen LogP contribution in [0.3, 0.4) is 0 Å². The van der Waals surface area contributed by atoms with E-state index in [1.807, 2.05) is 13.8 Å². The molecule has 0 fully saturated rings. The standard InChI is InChI=1S/C5H9BrIO/c1-4(2)5(8)3-7-6/h4H,3H2,1-2H3/q-1. The first-order valence-corrected chi connectivity index (χ1v) is 8.77. The van der Waals surface area contributed by atoms with Gasteiger partial charge in [-0.15, -0.1) is 0 Å². The molecule has 0 aromatic rings. The molecule has 0 aromatic carbocycles. The fourth-order valence-corrected chi connectivity index (χ4v) is 2.77. The van der Waals surface area contributed by atoms with E-state index in [2.05, 4.69) is 12.7 Å². The minimum absolute atomic E-state index is 0.00344. The summed E-state index contributed by atoms with van der Waals surface area (Å²) in [5.74, 6) is 0.613. The second-order valence-electron chi connectivity index (χ2n) is 1.86. The van der Waals surface area contributed by atoms with E-state index < -0.39 is 0 Å². The van der Waals surface area contributed by atoms with Gasteiger partial charge in [0.1, 0.15) is 0 Å². The van der Waals surface area contributed by atoms with Gasteiger partial charge in [-0.1, -0.05) is 0 Å². The van der Waals surface area contributed by atoms with Crippen molar-refractivity contribution in [1.29, 1.82) is 0 Å². The Morgan fingerprint density at radius 2 is 2.25 bits per heavy atom. The molecule has 50 valence electrons. The predicted molar refractivity (Wildman–Crippen MR) is 33.6 cm³/mol. The van der Waals surface area contributed by atoms with Crippen LogP contribution >= 0.6 is 12.7 Å². The average Bonchev–Trinajstić information content (AvgIpc) is 1.67. The van der Waals surface area contributed by atoms with Gasteiger partial charge in [0, 0.05) is 0 Å². The first kappa shape index (κ1) is 8.88. The molecule has 1 nitrogen and oxygen atoms in total. The zero-order chi connectivity index (χ0) is 6.57. The van der Waals surface area contributed by atoms with Gasteiger partial charge in [-0.25, -0.2) is 0 Å². The van der Waals surface area contributed by atoms with Crippen molar-refractivity contribution in [1.82, 2.24) is 0 Å². The molecule has 0 aliphatic heterocycles. The van der Waals surface area contributed by atoms with Crippen molar-refractivity contribution in [3.8, 4) is 0 Å². The van der Waals surface area contributed by atoms with Crippen LogP contribution in [0.25, 0.3) is 0 Å². The van der Waals surface area contributed by atoms with E-state index in [4.69, 9.17) is 0 Å². The summed E-state index contributed by atoms with van der Waals surface area (Å²) in [6.45, 7) is 3.88. The SMILES string of the molecule is CC(C)C(=O)C[I-]Br. The van der Waals surface area contributed by atoms with Gasteiger partial charge >= 0.3 is 66.4 Å². The van der Waals surface area contributed by atoms with Gasteiger partial charge < -0.3 is 0 Å². The molecular weight excluding hydrogens is 283 g/mol. The fourth-order valence-electron chi connectivity index (χ4n) is 0.204. The molecule has 0 spiro atoms. The number of Topliss-reactive ketones (excluding diaryl/α,β-unsaturated/α-hetero) is 1. The van der Waals surface area contributed by atoms with Gasteiger partial charge in [0.2, 0.25) is 0 Å². The maximum atomic E-state index is 10.7.